The van der Waals surface area contributed by atoms with Gasteiger partial charge >= 0.3 is 0 Å². The molecule has 0 aliphatic heterocycles. The van der Waals surface area contributed by atoms with Crippen LogP contribution in [0, 0.1) is 0 Å². The SMILES string of the molecule is CCCc1nn(C)c2c1nc(CCCl)n2CCCCSC. The molecule has 0 aromatic carbocycles. The van der Waals surface area contributed by atoms with Crippen molar-refractivity contribution in [2.75, 3.05) is 17.9 Å². The zero-order valence-corrected chi connectivity index (χ0v) is 14.8. The molecule has 0 saturated carbocycles. The van der Waals surface area contributed by atoms with Gasteiger partial charge in [0.05, 0.1) is 5.69 Å². The van der Waals surface area contributed by atoms with Crippen LogP contribution in [0.2, 0.25) is 0 Å². The van der Waals surface area contributed by atoms with Gasteiger partial charge in [-0.3, -0.25) is 4.68 Å². The summed E-state index contributed by atoms with van der Waals surface area (Å²) in [6, 6.07) is 0. The van der Waals surface area contributed by atoms with Gasteiger partial charge in [-0.25, -0.2) is 4.98 Å². The number of hydrogen-bond acceptors (Lipinski definition) is 3. The highest BCUT2D eigenvalue weighted by Gasteiger charge is 2.18. The highest BCUT2D eigenvalue weighted by Crippen LogP contribution is 2.22. The molecule has 0 amide bonds. The van der Waals surface area contributed by atoms with E-state index in [2.05, 4.69) is 22.8 Å². The van der Waals surface area contributed by atoms with E-state index in [1.807, 2.05) is 23.5 Å². The molecule has 2 aromatic rings. The average molecular weight is 329 g/mol. The maximum atomic E-state index is 5.95. The number of aryl methyl sites for hydroxylation is 4. The van der Waals surface area contributed by atoms with Crippen molar-refractivity contribution >= 4 is 34.5 Å². The van der Waals surface area contributed by atoms with Crippen molar-refractivity contribution in [3.05, 3.63) is 11.5 Å². The van der Waals surface area contributed by atoms with Crippen molar-refractivity contribution in [3.8, 4) is 0 Å². The fourth-order valence-corrected chi connectivity index (χ4v) is 3.38. The third-order valence-corrected chi connectivity index (χ3v) is 4.54. The topological polar surface area (TPSA) is 35.6 Å². The highest BCUT2D eigenvalue weighted by molar-refractivity contribution is 7.98. The fourth-order valence-electron chi connectivity index (χ4n) is 2.72. The van der Waals surface area contributed by atoms with E-state index < -0.39 is 0 Å². The predicted octanol–water partition coefficient (Wildman–Crippen LogP) is 3.65. The van der Waals surface area contributed by atoms with E-state index in [-0.39, 0.29) is 0 Å². The lowest BCUT2D eigenvalue weighted by molar-refractivity contribution is 0.601. The van der Waals surface area contributed by atoms with Crippen LogP contribution in [0.4, 0.5) is 0 Å². The summed E-state index contributed by atoms with van der Waals surface area (Å²) in [7, 11) is 2.02. The molecule has 0 aliphatic carbocycles. The zero-order valence-electron chi connectivity index (χ0n) is 13.2. The number of rotatable bonds is 9. The van der Waals surface area contributed by atoms with E-state index in [0.717, 1.165) is 48.5 Å². The molecule has 2 aromatic heterocycles. The third kappa shape index (κ3) is 3.75. The van der Waals surface area contributed by atoms with Crippen LogP contribution in [-0.2, 0) is 26.4 Å². The molecule has 0 atom stereocenters. The molecular weight excluding hydrogens is 304 g/mol. The molecule has 0 radical (unpaired) electrons. The summed E-state index contributed by atoms with van der Waals surface area (Å²) in [5, 5.41) is 4.64. The average Bonchev–Trinajstić information content (AvgIpc) is 2.96. The van der Waals surface area contributed by atoms with Crippen molar-refractivity contribution in [2.24, 2.45) is 7.05 Å². The Labute approximate surface area is 136 Å². The number of fused-ring (bicyclic) bond motifs is 1. The lowest BCUT2D eigenvalue weighted by Crippen LogP contribution is -2.08. The van der Waals surface area contributed by atoms with Gasteiger partial charge in [-0.05, 0) is 31.3 Å². The van der Waals surface area contributed by atoms with E-state index in [1.54, 1.807) is 0 Å². The second-order valence-electron chi connectivity index (χ2n) is 5.31. The van der Waals surface area contributed by atoms with Crippen molar-refractivity contribution in [2.45, 2.75) is 45.6 Å². The number of hydrogen-bond donors (Lipinski definition) is 0. The molecule has 118 valence electrons. The van der Waals surface area contributed by atoms with Crippen LogP contribution in [-0.4, -0.2) is 37.2 Å². The minimum Gasteiger partial charge on any atom is -0.313 e. The van der Waals surface area contributed by atoms with Crippen LogP contribution in [0.1, 0.15) is 37.7 Å². The van der Waals surface area contributed by atoms with Gasteiger partial charge in [0.1, 0.15) is 11.3 Å². The van der Waals surface area contributed by atoms with Crippen molar-refractivity contribution in [1.29, 1.82) is 0 Å². The Morgan fingerprint density at radius 3 is 2.71 bits per heavy atom. The van der Waals surface area contributed by atoms with Crippen LogP contribution >= 0.6 is 23.4 Å². The number of nitrogens with zero attached hydrogens (tertiary/aromatic N) is 4. The molecule has 2 rings (SSSR count). The molecular formula is C15H25ClN4S. The minimum absolute atomic E-state index is 0.616. The van der Waals surface area contributed by atoms with Gasteiger partial charge in [-0.1, -0.05) is 13.3 Å². The normalized spacial score (nSPS) is 11.6. The first kappa shape index (κ1) is 16.7. The molecule has 21 heavy (non-hydrogen) atoms. The molecule has 0 bridgehead atoms. The van der Waals surface area contributed by atoms with Gasteiger partial charge in [0.2, 0.25) is 0 Å². The number of unbranched alkanes of at least 4 members (excludes halogenated alkanes) is 1. The number of halogens is 1. The van der Waals surface area contributed by atoms with Crippen LogP contribution in [0.25, 0.3) is 11.2 Å². The first-order valence-corrected chi connectivity index (χ1v) is 9.61. The Kier molecular flexibility index (Phi) is 6.42. The molecule has 6 heteroatoms. The Bertz CT molecular complexity index is 576. The fraction of sp³-hybridized carbons (Fsp3) is 0.733. The van der Waals surface area contributed by atoms with Gasteiger partial charge < -0.3 is 4.57 Å². The Balaban J connectivity index is 2.32. The molecule has 0 spiro atoms. The van der Waals surface area contributed by atoms with Crippen molar-refractivity contribution in [1.82, 2.24) is 19.3 Å². The van der Waals surface area contributed by atoms with Gasteiger partial charge in [-0.15, -0.1) is 11.6 Å². The largest absolute Gasteiger partial charge is 0.313 e. The zero-order chi connectivity index (χ0) is 15.2. The van der Waals surface area contributed by atoms with Gasteiger partial charge in [0.25, 0.3) is 0 Å². The Hall–Kier alpha value is -0.680. The number of imidazole rings is 1. The summed E-state index contributed by atoms with van der Waals surface area (Å²) in [4.78, 5) is 4.83. The van der Waals surface area contributed by atoms with Crippen LogP contribution in [0.3, 0.4) is 0 Å². The first-order valence-electron chi connectivity index (χ1n) is 7.68. The second kappa shape index (κ2) is 8.08. The van der Waals surface area contributed by atoms with Crippen molar-refractivity contribution in [3.63, 3.8) is 0 Å². The molecule has 0 N–H and O–H groups in total. The summed E-state index contributed by atoms with van der Waals surface area (Å²) in [5.74, 6) is 2.94. The minimum atomic E-state index is 0.616. The summed E-state index contributed by atoms with van der Waals surface area (Å²) in [6.45, 7) is 3.19. The molecule has 0 aliphatic rings. The van der Waals surface area contributed by atoms with E-state index in [1.165, 1.54) is 18.6 Å². The van der Waals surface area contributed by atoms with Gasteiger partial charge in [0.15, 0.2) is 5.65 Å². The lowest BCUT2D eigenvalue weighted by Gasteiger charge is -2.08. The quantitative estimate of drug-likeness (QED) is 0.520. The van der Waals surface area contributed by atoms with Crippen molar-refractivity contribution < 1.29 is 0 Å². The summed E-state index contributed by atoms with van der Waals surface area (Å²) in [6.07, 6.45) is 7.48. The molecule has 4 nitrogen and oxygen atoms in total. The predicted molar refractivity (Wildman–Crippen MR) is 92.5 cm³/mol. The molecule has 0 fully saturated rings. The summed E-state index contributed by atoms with van der Waals surface area (Å²) in [5.41, 5.74) is 3.35. The van der Waals surface area contributed by atoms with Gasteiger partial charge in [0, 0.05) is 25.9 Å². The standard InChI is InChI=1S/C15H25ClN4S/c1-4-7-12-14-15(19(2)18-12)20(10-5-6-11-21-3)13(17-14)8-9-16/h4-11H2,1-3H3. The third-order valence-electron chi connectivity index (χ3n) is 3.66. The van der Waals surface area contributed by atoms with E-state index in [9.17, 15) is 0 Å². The van der Waals surface area contributed by atoms with Crippen LogP contribution in [0.15, 0.2) is 0 Å². The lowest BCUT2D eigenvalue weighted by atomic mass is 10.2. The number of aromatic nitrogens is 4. The summed E-state index contributed by atoms with van der Waals surface area (Å²) < 4.78 is 4.31. The number of alkyl halides is 1. The smallest absolute Gasteiger partial charge is 0.158 e. The molecule has 2 heterocycles. The molecule has 0 unspecified atom stereocenters. The van der Waals surface area contributed by atoms with Crippen LogP contribution in [0.5, 0.6) is 0 Å². The molecule has 0 saturated heterocycles. The second-order valence-corrected chi connectivity index (χ2v) is 6.67. The van der Waals surface area contributed by atoms with E-state index in [4.69, 9.17) is 16.6 Å². The van der Waals surface area contributed by atoms with Crippen LogP contribution < -0.4 is 0 Å². The maximum absolute atomic E-state index is 5.95. The van der Waals surface area contributed by atoms with E-state index in [0.29, 0.717) is 5.88 Å². The number of thioether (sulfide) groups is 1. The maximum Gasteiger partial charge on any atom is 0.158 e. The Morgan fingerprint density at radius 1 is 1.24 bits per heavy atom. The monoisotopic (exact) mass is 328 g/mol. The summed E-state index contributed by atoms with van der Waals surface area (Å²) >= 11 is 7.86. The highest BCUT2D eigenvalue weighted by atomic mass is 35.5. The first-order chi connectivity index (χ1) is 10.2. The van der Waals surface area contributed by atoms with Gasteiger partial charge in [-0.2, -0.15) is 16.9 Å². The van der Waals surface area contributed by atoms with E-state index >= 15 is 0 Å². The Morgan fingerprint density at radius 2 is 2.05 bits per heavy atom.